The quantitative estimate of drug-likeness (QED) is 0.0417. The first-order valence-electron chi connectivity index (χ1n) is 16.0. The maximum Gasteiger partial charge on any atom is 1.00 e. The maximum absolute atomic E-state index is 12.8. The minimum absolute atomic E-state index is 0. The molecule has 0 saturated heterocycles. The van der Waals surface area contributed by atoms with Gasteiger partial charge in [-0.25, -0.2) is 18.0 Å². The van der Waals surface area contributed by atoms with Crippen LogP contribution in [0.5, 0.6) is 0 Å². The minimum Gasteiger partial charge on any atom is -0.744 e. The van der Waals surface area contributed by atoms with Crippen molar-refractivity contribution in [2.45, 2.75) is 134 Å². The monoisotopic (exact) mass is 644 g/mol. The number of ether oxygens (including phenoxy) is 2. The number of unbranched alkanes of at least 4 members (excludes halogenated alkanes) is 14. The van der Waals surface area contributed by atoms with Gasteiger partial charge in [-0.3, -0.25) is 0 Å². The molecule has 43 heavy (non-hydrogen) atoms. The molecule has 0 aromatic heterocycles. The van der Waals surface area contributed by atoms with E-state index in [9.17, 15) is 22.6 Å². The topological polar surface area (TPSA) is 110 Å². The Morgan fingerprint density at radius 2 is 1.02 bits per heavy atom. The Morgan fingerprint density at radius 3 is 1.47 bits per heavy atom. The Morgan fingerprint density at radius 1 is 0.628 bits per heavy atom. The molecular formula is C34H53KO7S. The van der Waals surface area contributed by atoms with Crippen LogP contribution in [0.3, 0.4) is 0 Å². The molecule has 0 aliphatic carbocycles. The Balaban J connectivity index is 0.0000176. The van der Waals surface area contributed by atoms with Crippen molar-refractivity contribution in [1.82, 2.24) is 0 Å². The molecule has 1 aromatic carbocycles. The van der Waals surface area contributed by atoms with Gasteiger partial charge in [-0.2, -0.15) is 0 Å². The molecular weight excluding hydrogens is 592 g/mol. The van der Waals surface area contributed by atoms with Crippen molar-refractivity contribution in [3.05, 3.63) is 53.6 Å². The zero-order valence-corrected chi connectivity index (χ0v) is 30.9. The summed E-state index contributed by atoms with van der Waals surface area (Å²) in [5.74, 6) is -1.62. The van der Waals surface area contributed by atoms with E-state index < -0.39 is 27.0 Å². The molecule has 9 heteroatoms. The second-order valence-electron chi connectivity index (χ2n) is 10.8. The molecule has 0 aliphatic rings. The fraction of sp³-hybridized carbons (Fsp3) is 0.647. The van der Waals surface area contributed by atoms with E-state index in [1.807, 2.05) is 0 Å². The summed E-state index contributed by atoms with van der Waals surface area (Å²) in [5.41, 5.74) is -0.403. The molecule has 0 unspecified atom stereocenters. The van der Waals surface area contributed by atoms with Crippen LogP contribution >= 0.6 is 0 Å². The third-order valence-corrected chi connectivity index (χ3v) is 7.83. The summed E-state index contributed by atoms with van der Waals surface area (Å²) in [6.07, 6.45) is 28.3. The van der Waals surface area contributed by atoms with Gasteiger partial charge in [0.25, 0.3) is 0 Å². The van der Waals surface area contributed by atoms with Gasteiger partial charge in [-0.05, 0) is 69.6 Å². The summed E-state index contributed by atoms with van der Waals surface area (Å²) < 4.78 is 45.2. The van der Waals surface area contributed by atoms with Gasteiger partial charge < -0.3 is 14.0 Å². The molecule has 0 heterocycles. The molecule has 0 aliphatic heterocycles. The van der Waals surface area contributed by atoms with Crippen LogP contribution in [0.2, 0.25) is 0 Å². The zero-order chi connectivity index (χ0) is 30.9. The molecule has 0 fully saturated rings. The van der Waals surface area contributed by atoms with Crippen LogP contribution in [0.25, 0.3) is 0 Å². The second-order valence-corrected chi connectivity index (χ2v) is 12.2. The molecule has 0 atom stereocenters. The molecule has 0 spiro atoms. The molecule has 0 N–H and O–H groups in total. The van der Waals surface area contributed by atoms with E-state index >= 15 is 0 Å². The van der Waals surface area contributed by atoms with E-state index in [1.54, 1.807) is 0 Å². The van der Waals surface area contributed by atoms with E-state index in [2.05, 4.69) is 38.2 Å². The molecule has 0 saturated carbocycles. The van der Waals surface area contributed by atoms with Crippen LogP contribution in [0, 0.1) is 0 Å². The fourth-order valence-corrected chi connectivity index (χ4v) is 4.97. The number of esters is 2. The van der Waals surface area contributed by atoms with Crippen LogP contribution in [-0.4, -0.2) is 38.1 Å². The van der Waals surface area contributed by atoms with Gasteiger partial charge >= 0.3 is 63.3 Å². The first-order chi connectivity index (χ1) is 20.3. The van der Waals surface area contributed by atoms with Gasteiger partial charge in [0.2, 0.25) is 0 Å². The van der Waals surface area contributed by atoms with E-state index in [-0.39, 0.29) is 75.7 Å². The van der Waals surface area contributed by atoms with Crippen molar-refractivity contribution in [3.8, 4) is 0 Å². The van der Waals surface area contributed by atoms with Gasteiger partial charge in [0.1, 0.15) is 10.1 Å². The maximum atomic E-state index is 12.8. The van der Waals surface area contributed by atoms with Crippen LogP contribution in [-0.2, 0) is 19.6 Å². The Kier molecular flexibility index (Phi) is 27.0. The Bertz CT molecular complexity index is 1050. The second kappa shape index (κ2) is 27.5. The Labute approximate surface area is 303 Å². The van der Waals surface area contributed by atoms with Gasteiger partial charge in [0.05, 0.1) is 29.2 Å². The van der Waals surface area contributed by atoms with Crippen LogP contribution in [0.15, 0.2) is 47.4 Å². The average molecular weight is 645 g/mol. The fourth-order valence-electron chi connectivity index (χ4n) is 4.47. The van der Waals surface area contributed by atoms with Crippen LogP contribution in [0.1, 0.15) is 150 Å². The molecule has 1 aromatic rings. The third-order valence-electron chi connectivity index (χ3n) is 7.00. The summed E-state index contributed by atoms with van der Waals surface area (Å²) in [4.78, 5) is 24.9. The van der Waals surface area contributed by atoms with E-state index in [0.717, 1.165) is 43.9 Å². The number of benzene rings is 1. The van der Waals surface area contributed by atoms with Gasteiger partial charge in [-0.1, -0.05) is 102 Å². The van der Waals surface area contributed by atoms with Crippen LogP contribution in [0.4, 0.5) is 0 Å². The SMILES string of the molecule is CCCCCCCC/C=C/CCCOC(=O)c1ccc(S(=O)(=O)[O-])cc1C(=O)OCCC/C=C/CCCCCCCC.[K+]. The smallest absolute Gasteiger partial charge is 0.744 e. The normalized spacial score (nSPS) is 11.6. The first kappa shape index (κ1) is 42.2. The average Bonchev–Trinajstić information content (AvgIpc) is 2.97. The van der Waals surface area contributed by atoms with Gasteiger partial charge in [0, 0.05) is 0 Å². The molecule has 0 radical (unpaired) electrons. The summed E-state index contributed by atoms with van der Waals surface area (Å²) in [6, 6.07) is 3.04. The number of hydrogen-bond donors (Lipinski definition) is 0. The summed E-state index contributed by atoms with van der Waals surface area (Å²) in [7, 11) is -4.82. The molecule has 1 rings (SSSR count). The number of carbonyl (C=O) groups excluding carboxylic acids is 2. The number of allylic oxidation sites excluding steroid dienone is 4. The van der Waals surface area contributed by atoms with E-state index in [1.165, 1.54) is 77.0 Å². The van der Waals surface area contributed by atoms with Crippen LogP contribution < -0.4 is 51.4 Å². The molecule has 0 bridgehead atoms. The largest absolute Gasteiger partial charge is 1.00 e. The van der Waals surface area contributed by atoms with Gasteiger partial charge in [0.15, 0.2) is 0 Å². The number of carbonyl (C=O) groups is 2. The number of rotatable bonds is 25. The number of hydrogen-bond acceptors (Lipinski definition) is 7. The van der Waals surface area contributed by atoms with Gasteiger partial charge in [-0.15, -0.1) is 0 Å². The van der Waals surface area contributed by atoms with Crippen molar-refractivity contribution in [3.63, 3.8) is 0 Å². The predicted octanol–water partition coefficient (Wildman–Crippen LogP) is 6.08. The summed E-state index contributed by atoms with van der Waals surface area (Å²) >= 11 is 0. The molecule has 238 valence electrons. The van der Waals surface area contributed by atoms with E-state index in [4.69, 9.17) is 9.47 Å². The molecule has 7 nitrogen and oxygen atoms in total. The standard InChI is InChI=1S/C34H54O7S.K/c1-3-5-7-9-11-13-15-17-19-21-23-27-40-33(35)31-26-25-30(42(37,38)39)29-32(31)34(36)41-28-24-22-20-18-16-14-12-10-8-6-4-2;/h17-20,25-26,29H,3-16,21-24,27-28H2,1-2H3,(H,37,38,39);/q;+1/p-1/b19-17+,20-18+;. The molecule has 0 amide bonds. The van der Waals surface area contributed by atoms with Crippen molar-refractivity contribution in [1.29, 1.82) is 0 Å². The van der Waals surface area contributed by atoms with Crippen molar-refractivity contribution < 1.29 is 83.4 Å². The Hall–Kier alpha value is -0.814. The summed E-state index contributed by atoms with van der Waals surface area (Å²) in [6.45, 7) is 4.68. The van der Waals surface area contributed by atoms with Crippen molar-refractivity contribution in [2.24, 2.45) is 0 Å². The van der Waals surface area contributed by atoms with Crippen molar-refractivity contribution in [2.75, 3.05) is 13.2 Å². The van der Waals surface area contributed by atoms with Crippen molar-refractivity contribution >= 4 is 22.1 Å². The minimum atomic E-state index is -4.82. The summed E-state index contributed by atoms with van der Waals surface area (Å²) in [5, 5.41) is 0. The zero-order valence-electron chi connectivity index (χ0n) is 26.9. The first-order valence-corrected chi connectivity index (χ1v) is 17.5. The van der Waals surface area contributed by atoms with E-state index in [0.29, 0.717) is 12.8 Å². The third kappa shape index (κ3) is 21.5. The predicted molar refractivity (Wildman–Crippen MR) is 168 cm³/mol.